The number of nitrogens with zero attached hydrogens (tertiary/aromatic N) is 3. The number of aromatic nitrogens is 1. The number of aryl methyl sites for hydroxylation is 1. The van der Waals surface area contributed by atoms with E-state index in [0.717, 1.165) is 37.6 Å². The molecule has 4 heteroatoms. The Morgan fingerprint density at radius 2 is 1.79 bits per heavy atom. The molecule has 19 heavy (non-hydrogen) atoms. The summed E-state index contributed by atoms with van der Waals surface area (Å²) in [6.45, 7) is 13.0. The zero-order chi connectivity index (χ0) is 14.0. The van der Waals surface area contributed by atoms with E-state index in [0.29, 0.717) is 6.04 Å². The van der Waals surface area contributed by atoms with Gasteiger partial charge in [0.2, 0.25) is 0 Å². The molecule has 0 aliphatic carbocycles. The summed E-state index contributed by atoms with van der Waals surface area (Å²) in [6.07, 6.45) is 1.93. The Morgan fingerprint density at radius 1 is 1.16 bits per heavy atom. The van der Waals surface area contributed by atoms with Gasteiger partial charge in [0.05, 0.1) is 0 Å². The van der Waals surface area contributed by atoms with Crippen molar-refractivity contribution in [2.45, 2.75) is 39.8 Å². The van der Waals surface area contributed by atoms with Gasteiger partial charge in [-0.1, -0.05) is 0 Å². The standard InChI is InChI=1S/C15H26N4/c1-11(2)18-5-7-19(8-6-18)15-9-12(3)14(10-17-15)13(4)16/h9-11,13H,5-8,16H2,1-4H3. The third-order valence-electron chi connectivity index (χ3n) is 4.00. The van der Waals surface area contributed by atoms with Crippen LogP contribution in [0.2, 0.25) is 0 Å². The van der Waals surface area contributed by atoms with Crippen molar-refractivity contribution in [3.05, 3.63) is 23.4 Å². The van der Waals surface area contributed by atoms with Crippen LogP contribution in [0.5, 0.6) is 0 Å². The van der Waals surface area contributed by atoms with Crippen molar-refractivity contribution in [2.24, 2.45) is 5.73 Å². The Kier molecular flexibility index (Phi) is 4.42. The molecule has 2 rings (SSSR count). The number of rotatable bonds is 3. The van der Waals surface area contributed by atoms with Crippen molar-refractivity contribution in [1.82, 2.24) is 9.88 Å². The van der Waals surface area contributed by atoms with E-state index in [1.807, 2.05) is 13.1 Å². The minimum absolute atomic E-state index is 0.0549. The molecule has 1 aliphatic rings. The largest absolute Gasteiger partial charge is 0.354 e. The van der Waals surface area contributed by atoms with Crippen LogP contribution in [-0.4, -0.2) is 42.1 Å². The molecule has 1 aromatic heterocycles. The summed E-state index contributed by atoms with van der Waals surface area (Å²) in [5.41, 5.74) is 8.32. The molecule has 0 saturated carbocycles. The quantitative estimate of drug-likeness (QED) is 0.904. The zero-order valence-electron chi connectivity index (χ0n) is 12.6. The summed E-state index contributed by atoms with van der Waals surface area (Å²) in [7, 11) is 0. The Hall–Kier alpha value is -1.13. The number of anilines is 1. The number of hydrogen-bond acceptors (Lipinski definition) is 4. The Labute approximate surface area is 116 Å². The van der Waals surface area contributed by atoms with Gasteiger partial charge in [-0.05, 0) is 44.9 Å². The molecule has 106 valence electrons. The van der Waals surface area contributed by atoms with Gasteiger partial charge in [0.1, 0.15) is 5.82 Å². The van der Waals surface area contributed by atoms with Crippen LogP contribution in [0.25, 0.3) is 0 Å². The van der Waals surface area contributed by atoms with E-state index in [1.54, 1.807) is 0 Å². The molecule has 0 bridgehead atoms. The minimum atomic E-state index is 0.0549. The summed E-state index contributed by atoms with van der Waals surface area (Å²) in [5, 5.41) is 0. The first-order valence-corrected chi connectivity index (χ1v) is 7.20. The van der Waals surface area contributed by atoms with Crippen LogP contribution in [0, 0.1) is 6.92 Å². The molecule has 2 N–H and O–H groups in total. The van der Waals surface area contributed by atoms with Crippen molar-refractivity contribution in [1.29, 1.82) is 0 Å². The van der Waals surface area contributed by atoms with Crippen molar-refractivity contribution in [3.8, 4) is 0 Å². The van der Waals surface area contributed by atoms with Gasteiger partial charge in [-0.2, -0.15) is 0 Å². The number of pyridine rings is 1. The average Bonchev–Trinajstić information content (AvgIpc) is 2.38. The van der Waals surface area contributed by atoms with Gasteiger partial charge >= 0.3 is 0 Å². The number of hydrogen-bond donors (Lipinski definition) is 1. The molecule has 1 unspecified atom stereocenters. The SMILES string of the molecule is Cc1cc(N2CCN(C(C)C)CC2)ncc1C(C)N. The fourth-order valence-corrected chi connectivity index (χ4v) is 2.67. The van der Waals surface area contributed by atoms with Crippen LogP contribution in [0.1, 0.15) is 37.9 Å². The van der Waals surface area contributed by atoms with Crippen molar-refractivity contribution < 1.29 is 0 Å². The topological polar surface area (TPSA) is 45.4 Å². The predicted molar refractivity (Wildman–Crippen MR) is 80.5 cm³/mol. The first kappa shape index (κ1) is 14.3. The van der Waals surface area contributed by atoms with Gasteiger partial charge in [-0.15, -0.1) is 0 Å². The molecule has 1 atom stereocenters. The molecular formula is C15H26N4. The van der Waals surface area contributed by atoms with Crippen LogP contribution in [0.4, 0.5) is 5.82 Å². The average molecular weight is 262 g/mol. The van der Waals surface area contributed by atoms with E-state index in [9.17, 15) is 0 Å². The maximum absolute atomic E-state index is 5.93. The fraction of sp³-hybridized carbons (Fsp3) is 0.667. The summed E-state index contributed by atoms with van der Waals surface area (Å²) in [5.74, 6) is 1.09. The molecule has 1 aromatic rings. The molecule has 2 heterocycles. The summed E-state index contributed by atoms with van der Waals surface area (Å²) in [6, 6.07) is 2.86. The van der Waals surface area contributed by atoms with Crippen LogP contribution < -0.4 is 10.6 Å². The lowest BCUT2D eigenvalue weighted by molar-refractivity contribution is 0.209. The van der Waals surface area contributed by atoms with Crippen LogP contribution in [0.3, 0.4) is 0 Å². The highest BCUT2D eigenvalue weighted by Gasteiger charge is 2.20. The van der Waals surface area contributed by atoms with Gasteiger partial charge in [-0.25, -0.2) is 4.98 Å². The van der Waals surface area contributed by atoms with E-state index in [2.05, 4.69) is 41.6 Å². The smallest absolute Gasteiger partial charge is 0.128 e. The molecule has 0 spiro atoms. The highest BCUT2D eigenvalue weighted by atomic mass is 15.3. The molecule has 4 nitrogen and oxygen atoms in total. The molecule has 1 aliphatic heterocycles. The third kappa shape index (κ3) is 3.25. The first-order valence-electron chi connectivity index (χ1n) is 7.20. The van der Waals surface area contributed by atoms with E-state index in [1.165, 1.54) is 5.56 Å². The van der Waals surface area contributed by atoms with Gasteiger partial charge in [0.15, 0.2) is 0 Å². The fourth-order valence-electron chi connectivity index (χ4n) is 2.67. The maximum atomic E-state index is 5.93. The molecule has 1 saturated heterocycles. The molecular weight excluding hydrogens is 236 g/mol. The Morgan fingerprint density at radius 3 is 2.26 bits per heavy atom. The zero-order valence-corrected chi connectivity index (χ0v) is 12.6. The van der Waals surface area contributed by atoms with Crippen LogP contribution in [-0.2, 0) is 0 Å². The lowest BCUT2D eigenvalue weighted by Crippen LogP contribution is -2.49. The second kappa shape index (κ2) is 5.88. The Balaban J connectivity index is 2.06. The van der Waals surface area contributed by atoms with Crippen LogP contribution >= 0.6 is 0 Å². The van der Waals surface area contributed by atoms with Crippen molar-refractivity contribution in [3.63, 3.8) is 0 Å². The monoisotopic (exact) mass is 262 g/mol. The lowest BCUT2D eigenvalue weighted by atomic mass is 10.1. The molecule has 1 fully saturated rings. The summed E-state index contributed by atoms with van der Waals surface area (Å²) in [4.78, 5) is 9.47. The molecule has 0 amide bonds. The van der Waals surface area contributed by atoms with Crippen molar-refractivity contribution >= 4 is 5.82 Å². The second-order valence-corrected chi connectivity index (χ2v) is 5.80. The van der Waals surface area contributed by atoms with E-state index in [4.69, 9.17) is 5.73 Å². The van der Waals surface area contributed by atoms with E-state index in [-0.39, 0.29) is 6.04 Å². The second-order valence-electron chi connectivity index (χ2n) is 5.80. The van der Waals surface area contributed by atoms with Crippen molar-refractivity contribution in [2.75, 3.05) is 31.1 Å². The van der Waals surface area contributed by atoms with Gasteiger partial charge in [0, 0.05) is 44.5 Å². The lowest BCUT2D eigenvalue weighted by Gasteiger charge is -2.37. The van der Waals surface area contributed by atoms with Gasteiger partial charge in [0.25, 0.3) is 0 Å². The van der Waals surface area contributed by atoms with E-state index < -0.39 is 0 Å². The predicted octanol–water partition coefficient (Wildman–Crippen LogP) is 1.94. The number of nitrogens with two attached hydrogens (primary N) is 1. The normalized spacial score (nSPS) is 18.9. The van der Waals surface area contributed by atoms with Gasteiger partial charge in [-0.3, -0.25) is 4.90 Å². The highest BCUT2D eigenvalue weighted by molar-refractivity contribution is 5.44. The summed E-state index contributed by atoms with van der Waals surface area (Å²) >= 11 is 0. The maximum Gasteiger partial charge on any atom is 0.128 e. The molecule has 0 radical (unpaired) electrons. The third-order valence-corrected chi connectivity index (χ3v) is 4.00. The minimum Gasteiger partial charge on any atom is -0.354 e. The molecule has 0 aromatic carbocycles. The Bertz CT molecular complexity index is 420. The van der Waals surface area contributed by atoms with Gasteiger partial charge < -0.3 is 10.6 Å². The van der Waals surface area contributed by atoms with E-state index >= 15 is 0 Å². The first-order chi connectivity index (χ1) is 8.99. The number of piperazine rings is 1. The van der Waals surface area contributed by atoms with Crippen LogP contribution in [0.15, 0.2) is 12.3 Å². The highest BCUT2D eigenvalue weighted by Crippen LogP contribution is 2.21. The summed E-state index contributed by atoms with van der Waals surface area (Å²) < 4.78 is 0.